The third kappa shape index (κ3) is 2.29. The molecule has 0 amide bonds. The fourth-order valence-electron chi connectivity index (χ4n) is 2.22. The number of nitrogens with zero attached hydrogens (tertiary/aromatic N) is 2. The van der Waals surface area contributed by atoms with Gasteiger partial charge in [-0.15, -0.1) is 0 Å². The summed E-state index contributed by atoms with van der Waals surface area (Å²) in [5.41, 5.74) is 2.42. The normalized spacial score (nSPS) is 11.2. The third-order valence-corrected chi connectivity index (χ3v) is 3.38. The summed E-state index contributed by atoms with van der Waals surface area (Å²) >= 11 is 0. The highest BCUT2D eigenvalue weighted by Crippen LogP contribution is 2.23. The Hall–Kier alpha value is -2.63. The number of fused-ring (bicyclic) bond motifs is 1. The first kappa shape index (κ1) is 13.4. The van der Waals surface area contributed by atoms with Crippen LogP contribution in [-0.4, -0.2) is 27.3 Å². The molecule has 0 saturated heterocycles. The average Bonchev–Trinajstić information content (AvgIpc) is 2.92. The highest BCUT2D eigenvalue weighted by Gasteiger charge is 2.15. The number of aromatic nitrogens is 4. The third-order valence-electron chi connectivity index (χ3n) is 3.38. The minimum Gasteiger partial charge on any atom is -0.497 e. The molecule has 6 nitrogen and oxygen atoms in total. The first-order valence-electron chi connectivity index (χ1n) is 6.73. The standard InChI is InChI=1S/C15H16N4O2/c1-8(2)11-12-13(19-18-11)15(20)17-14(16-12)9-4-6-10(21-3)7-5-9/h4-8H,1-3H3,(H,18,19)(H,16,17,20). The minimum absolute atomic E-state index is 0.216. The van der Waals surface area contributed by atoms with Crippen molar-refractivity contribution in [1.29, 1.82) is 0 Å². The number of hydrogen-bond acceptors (Lipinski definition) is 4. The lowest BCUT2D eigenvalue weighted by molar-refractivity contribution is 0.415. The van der Waals surface area contributed by atoms with E-state index in [1.165, 1.54) is 0 Å². The van der Waals surface area contributed by atoms with Crippen LogP contribution in [0.25, 0.3) is 22.4 Å². The highest BCUT2D eigenvalue weighted by molar-refractivity contribution is 5.78. The predicted octanol–water partition coefficient (Wildman–Crippen LogP) is 2.45. The Morgan fingerprint density at radius 2 is 1.86 bits per heavy atom. The van der Waals surface area contributed by atoms with Crippen molar-refractivity contribution in [1.82, 2.24) is 20.2 Å². The average molecular weight is 284 g/mol. The first-order valence-corrected chi connectivity index (χ1v) is 6.73. The van der Waals surface area contributed by atoms with Crippen LogP contribution in [0.5, 0.6) is 5.75 Å². The van der Waals surface area contributed by atoms with Crippen molar-refractivity contribution in [3.05, 3.63) is 40.3 Å². The smallest absolute Gasteiger partial charge is 0.279 e. The molecular formula is C15H16N4O2. The van der Waals surface area contributed by atoms with Crippen LogP contribution in [0.1, 0.15) is 25.5 Å². The number of aromatic amines is 2. The van der Waals surface area contributed by atoms with E-state index in [9.17, 15) is 4.79 Å². The lowest BCUT2D eigenvalue weighted by Crippen LogP contribution is -2.09. The molecule has 21 heavy (non-hydrogen) atoms. The summed E-state index contributed by atoms with van der Waals surface area (Å²) in [5.74, 6) is 1.50. The number of ether oxygens (including phenoxy) is 1. The van der Waals surface area contributed by atoms with Crippen LogP contribution in [0.3, 0.4) is 0 Å². The van der Waals surface area contributed by atoms with Gasteiger partial charge in [0.2, 0.25) is 0 Å². The van der Waals surface area contributed by atoms with Crippen molar-refractivity contribution in [3.63, 3.8) is 0 Å². The molecule has 0 radical (unpaired) electrons. The van der Waals surface area contributed by atoms with E-state index in [4.69, 9.17) is 4.74 Å². The van der Waals surface area contributed by atoms with Gasteiger partial charge in [0.05, 0.1) is 12.8 Å². The fraction of sp³-hybridized carbons (Fsp3) is 0.267. The topological polar surface area (TPSA) is 83.7 Å². The predicted molar refractivity (Wildman–Crippen MR) is 80.6 cm³/mol. The van der Waals surface area contributed by atoms with Gasteiger partial charge in [0.1, 0.15) is 17.1 Å². The van der Waals surface area contributed by atoms with E-state index >= 15 is 0 Å². The van der Waals surface area contributed by atoms with Crippen LogP contribution in [-0.2, 0) is 0 Å². The molecule has 0 bridgehead atoms. The zero-order valence-corrected chi connectivity index (χ0v) is 12.1. The molecule has 0 fully saturated rings. The largest absolute Gasteiger partial charge is 0.497 e. The summed E-state index contributed by atoms with van der Waals surface area (Å²) < 4.78 is 5.13. The second-order valence-corrected chi connectivity index (χ2v) is 5.13. The minimum atomic E-state index is -0.242. The molecular weight excluding hydrogens is 268 g/mol. The molecule has 0 saturated carbocycles. The van der Waals surface area contributed by atoms with Crippen LogP contribution in [0, 0.1) is 0 Å². The zero-order chi connectivity index (χ0) is 15.0. The second kappa shape index (κ2) is 5.05. The molecule has 3 aromatic rings. The molecule has 2 heterocycles. The molecule has 108 valence electrons. The zero-order valence-electron chi connectivity index (χ0n) is 12.1. The summed E-state index contributed by atoms with van der Waals surface area (Å²) in [4.78, 5) is 19.4. The number of H-pyrrole nitrogens is 2. The number of benzene rings is 1. The summed E-state index contributed by atoms with van der Waals surface area (Å²) in [6.07, 6.45) is 0. The molecule has 2 N–H and O–H groups in total. The molecule has 0 aliphatic carbocycles. The van der Waals surface area contributed by atoms with Gasteiger partial charge < -0.3 is 9.72 Å². The van der Waals surface area contributed by atoms with Gasteiger partial charge in [-0.05, 0) is 30.2 Å². The highest BCUT2D eigenvalue weighted by atomic mass is 16.5. The van der Waals surface area contributed by atoms with E-state index in [2.05, 4.69) is 20.2 Å². The van der Waals surface area contributed by atoms with E-state index in [0.717, 1.165) is 17.0 Å². The van der Waals surface area contributed by atoms with Gasteiger partial charge in [-0.1, -0.05) is 13.8 Å². The lowest BCUT2D eigenvalue weighted by atomic mass is 10.1. The summed E-state index contributed by atoms with van der Waals surface area (Å²) in [6, 6.07) is 7.38. The Kier molecular flexibility index (Phi) is 3.21. The first-order chi connectivity index (χ1) is 10.1. The maximum Gasteiger partial charge on any atom is 0.279 e. The van der Waals surface area contributed by atoms with E-state index in [1.807, 2.05) is 38.1 Å². The maximum atomic E-state index is 12.1. The molecule has 0 spiro atoms. The Morgan fingerprint density at radius 1 is 1.14 bits per heavy atom. The number of nitrogens with one attached hydrogen (secondary N) is 2. The fourth-order valence-corrected chi connectivity index (χ4v) is 2.22. The second-order valence-electron chi connectivity index (χ2n) is 5.13. The van der Waals surface area contributed by atoms with E-state index in [0.29, 0.717) is 16.9 Å². The Bertz CT molecular complexity index is 831. The molecule has 6 heteroatoms. The van der Waals surface area contributed by atoms with E-state index in [-0.39, 0.29) is 11.5 Å². The summed E-state index contributed by atoms with van der Waals surface area (Å²) in [5, 5.41) is 6.95. The van der Waals surface area contributed by atoms with E-state index < -0.39 is 0 Å². The number of methoxy groups -OCH3 is 1. The molecule has 0 unspecified atom stereocenters. The van der Waals surface area contributed by atoms with Gasteiger partial charge in [0.25, 0.3) is 5.56 Å². The Labute approximate surface area is 121 Å². The van der Waals surface area contributed by atoms with Crippen molar-refractivity contribution < 1.29 is 4.74 Å². The van der Waals surface area contributed by atoms with Gasteiger partial charge in [-0.3, -0.25) is 9.89 Å². The summed E-state index contributed by atoms with van der Waals surface area (Å²) in [6.45, 7) is 4.06. The molecule has 0 aliphatic rings. The molecule has 0 aliphatic heterocycles. The van der Waals surface area contributed by atoms with E-state index in [1.54, 1.807) is 7.11 Å². The maximum absolute atomic E-state index is 12.1. The molecule has 2 aromatic heterocycles. The van der Waals surface area contributed by atoms with Crippen LogP contribution in [0.15, 0.2) is 29.1 Å². The SMILES string of the molecule is COc1ccc(-c2nc3c(C(C)C)[nH]nc3c(=O)[nH]2)cc1. The van der Waals surface area contributed by atoms with Gasteiger partial charge in [-0.2, -0.15) is 5.10 Å². The van der Waals surface area contributed by atoms with Crippen molar-refractivity contribution in [2.75, 3.05) is 7.11 Å². The van der Waals surface area contributed by atoms with Crippen LogP contribution < -0.4 is 10.3 Å². The molecule has 3 rings (SSSR count). The van der Waals surface area contributed by atoms with Crippen molar-refractivity contribution >= 4 is 11.0 Å². The van der Waals surface area contributed by atoms with Gasteiger partial charge >= 0.3 is 0 Å². The number of hydrogen-bond donors (Lipinski definition) is 2. The quantitative estimate of drug-likeness (QED) is 0.773. The van der Waals surface area contributed by atoms with Gasteiger partial charge in [0, 0.05) is 5.56 Å². The van der Waals surface area contributed by atoms with Crippen molar-refractivity contribution in [2.24, 2.45) is 0 Å². The van der Waals surface area contributed by atoms with Gasteiger partial charge in [-0.25, -0.2) is 4.98 Å². The molecule has 0 atom stereocenters. The summed E-state index contributed by atoms with van der Waals surface area (Å²) in [7, 11) is 1.61. The van der Waals surface area contributed by atoms with Crippen LogP contribution in [0.2, 0.25) is 0 Å². The van der Waals surface area contributed by atoms with Crippen molar-refractivity contribution in [2.45, 2.75) is 19.8 Å². The number of rotatable bonds is 3. The Morgan fingerprint density at radius 3 is 2.48 bits per heavy atom. The monoisotopic (exact) mass is 284 g/mol. The lowest BCUT2D eigenvalue weighted by Gasteiger charge is -2.04. The van der Waals surface area contributed by atoms with Crippen molar-refractivity contribution in [3.8, 4) is 17.1 Å². The molecule has 1 aromatic carbocycles. The Balaban J connectivity index is 2.18. The van der Waals surface area contributed by atoms with Crippen LogP contribution >= 0.6 is 0 Å². The van der Waals surface area contributed by atoms with Crippen LogP contribution in [0.4, 0.5) is 0 Å². The van der Waals surface area contributed by atoms with Gasteiger partial charge in [0.15, 0.2) is 5.52 Å².